The lowest BCUT2D eigenvalue weighted by Gasteiger charge is -2.31. The Labute approximate surface area is 112 Å². The van der Waals surface area contributed by atoms with Gasteiger partial charge in [-0.2, -0.15) is 0 Å². The molecule has 1 fully saturated rings. The second-order valence-corrected chi connectivity index (χ2v) is 4.68. The van der Waals surface area contributed by atoms with Crippen molar-refractivity contribution in [3.05, 3.63) is 18.2 Å². The van der Waals surface area contributed by atoms with Crippen LogP contribution < -0.4 is 0 Å². The van der Waals surface area contributed by atoms with E-state index < -0.39 is 0 Å². The van der Waals surface area contributed by atoms with E-state index in [2.05, 4.69) is 9.97 Å². The van der Waals surface area contributed by atoms with Crippen LogP contribution in [0, 0.1) is 5.92 Å². The number of nitrogens with zero attached hydrogens (tertiary/aromatic N) is 2. The van der Waals surface area contributed by atoms with Gasteiger partial charge in [0, 0.05) is 25.0 Å². The number of likely N-dealkylation sites (tertiary alicyclic amines) is 1. The number of H-pyrrole nitrogens is 1. The van der Waals surface area contributed by atoms with Gasteiger partial charge in [0.2, 0.25) is 5.91 Å². The van der Waals surface area contributed by atoms with Gasteiger partial charge >= 0.3 is 5.97 Å². The third-order valence-corrected chi connectivity index (χ3v) is 3.29. The maximum absolute atomic E-state index is 12.1. The van der Waals surface area contributed by atoms with Crippen molar-refractivity contribution in [1.82, 2.24) is 14.9 Å². The molecule has 0 aromatic carbocycles. The van der Waals surface area contributed by atoms with Crippen LogP contribution in [0.15, 0.2) is 12.5 Å². The lowest BCUT2D eigenvalue weighted by atomic mass is 9.98. The van der Waals surface area contributed by atoms with E-state index in [0.717, 1.165) is 18.5 Å². The molecule has 1 aliphatic rings. The Morgan fingerprint density at radius 3 is 3.11 bits per heavy atom. The number of imidazole rings is 1. The van der Waals surface area contributed by atoms with Crippen LogP contribution >= 0.6 is 0 Å². The molecule has 6 heteroatoms. The summed E-state index contributed by atoms with van der Waals surface area (Å²) in [5.41, 5.74) is 0.795. The first-order valence-electron chi connectivity index (χ1n) is 6.62. The van der Waals surface area contributed by atoms with Gasteiger partial charge in [-0.25, -0.2) is 4.98 Å². The molecule has 2 rings (SSSR count). The molecule has 2 heterocycles. The van der Waals surface area contributed by atoms with E-state index >= 15 is 0 Å². The highest BCUT2D eigenvalue weighted by molar-refractivity contribution is 5.80. The minimum atomic E-state index is -0.193. The summed E-state index contributed by atoms with van der Waals surface area (Å²) in [7, 11) is 0. The Kier molecular flexibility index (Phi) is 4.54. The third-order valence-electron chi connectivity index (χ3n) is 3.29. The zero-order valence-electron chi connectivity index (χ0n) is 11.1. The summed E-state index contributed by atoms with van der Waals surface area (Å²) in [5.74, 6) is -0.348. The van der Waals surface area contributed by atoms with E-state index in [9.17, 15) is 9.59 Å². The topological polar surface area (TPSA) is 75.3 Å². The Balaban J connectivity index is 1.89. The lowest BCUT2D eigenvalue weighted by Crippen LogP contribution is -2.43. The van der Waals surface area contributed by atoms with E-state index in [1.54, 1.807) is 24.3 Å². The molecule has 1 aromatic heterocycles. The molecule has 0 radical (unpaired) electrons. The summed E-state index contributed by atoms with van der Waals surface area (Å²) < 4.78 is 5.02. The predicted molar refractivity (Wildman–Crippen MR) is 68.2 cm³/mol. The second-order valence-electron chi connectivity index (χ2n) is 4.68. The number of nitrogens with one attached hydrogen (secondary N) is 1. The van der Waals surface area contributed by atoms with Gasteiger partial charge in [0.25, 0.3) is 0 Å². The Bertz CT molecular complexity index is 430. The highest BCUT2D eigenvalue weighted by Gasteiger charge is 2.29. The van der Waals surface area contributed by atoms with Crippen molar-refractivity contribution in [2.75, 3.05) is 19.7 Å². The van der Waals surface area contributed by atoms with Crippen LogP contribution in [-0.4, -0.2) is 46.4 Å². The quantitative estimate of drug-likeness (QED) is 0.815. The van der Waals surface area contributed by atoms with Crippen LogP contribution in [0.4, 0.5) is 0 Å². The van der Waals surface area contributed by atoms with Crippen molar-refractivity contribution in [3.8, 4) is 0 Å². The van der Waals surface area contributed by atoms with Crippen LogP contribution in [-0.2, 0) is 20.7 Å². The van der Waals surface area contributed by atoms with E-state index in [4.69, 9.17) is 4.74 Å². The number of ether oxygens (including phenoxy) is 1. The average molecular weight is 265 g/mol. The van der Waals surface area contributed by atoms with Gasteiger partial charge in [0.15, 0.2) is 0 Å². The third kappa shape index (κ3) is 3.56. The molecular weight excluding hydrogens is 246 g/mol. The number of esters is 1. The van der Waals surface area contributed by atoms with Crippen LogP contribution in [0.5, 0.6) is 0 Å². The first-order chi connectivity index (χ1) is 9.20. The fourth-order valence-electron chi connectivity index (χ4n) is 2.31. The van der Waals surface area contributed by atoms with Crippen molar-refractivity contribution in [2.45, 2.75) is 26.2 Å². The summed E-state index contributed by atoms with van der Waals surface area (Å²) in [5, 5.41) is 0. The van der Waals surface area contributed by atoms with Gasteiger partial charge < -0.3 is 14.6 Å². The minimum absolute atomic E-state index is 0.0262. The van der Waals surface area contributed by atoms with Gasteiger partial charge in [0.05, 0.1) is 25.3 Å². The predicted octanol–water partition coefficient (Wildman–Crippen LogP) is 0.754. The van der Waals surface area contributed by atoms with Crippen molar-refractivity contribution in [1.29, 1.82) is 0 Å². The molecule has 0 saturated carbocycles. The summed E-state index contributed by atoms with van der Waals surface area (Å²) in [6, 6.07) is 0. The van der Waals surface area contributed by atoms with E-state index in [1.165, 1.54) is 0 Å². The van der Waals surface area contributed by atoms with Gasteiger partial charge in [-0.15, -0.1) is 0 Å². The molecule has 6 nitrogen and oxygen atoms in total. The number of aromatic amines is 1. The van der Waals surface area contributed by atoms with Gasteiger partial charge in [-0.1, -0.05) is 0 Å². The molecule has 1 aliphatic heterocycles. The van der Waals surface area contributed by atoms with Crippen molar-refractivity contribution in [2.24, 2.45) is 5.92 Å². The number of amides is 1. The normalized spacial score (nSPS) is 19.2. The van der Waals surface area contributed by atoms with Crippen LogP contribution in [0.2, 0.25) is 0 Å². The molecule has 1 N–H and O–H groups in total. The molecule has 1 aromatic rings. The van der Waals surface area contributed by atoms with Crippen molar-refractivity contribution >= 4 is 11.9 Å². The average Bonchev–Trinajstić information content (AvgIpc) is 2.92. The number of hydrogen-bond acceptors (Lipinski definition) is 4. The molecule has 0 aliphatic carbocycles. The van der Waals surface area contributed by atoms with E-state index in [0.29, 0.717) is 26.1 Å². The minimum Gasteiger partial charge on any atom is -0.466 e. The highest BCUT2D eigenvalue weighted by Crippen LogP contribution is 2.18. The molecule has 19 heavy (non-hydrogen) atoms. The van der Waals surface area contributed by atoms with Crippen LogP contribution in [0.1, 0.15) is 25.5 Å². The van der Waals surface area contributed by atoms with E-state index in [-0.39, 0.29) is 17.8 Å². The number of hydrogen-bond donors (Lipinski definition) is 1. The van der Waals surface area contributed by atoms with Gasteiger partial charge in [0.1, 0.15) is 0 Å². The molecule has 0 spiro atoms. The number of carbonyl (C=O) groups excluding carboxylic acids is 2. The smallest absolute Gasteiger partial charge is 0.310 e. The second kappa shape index (κ2) is 6.36. The highest BCUT2D eigenvalue weighted by atomic mass is 16.5. The summed E-state index contributed by atoms with van der Waals surface area (Å²) in [6.45, 7) is 3.36. The lowest BCUT2D eigenvalue weighted by molar-refractivity contribution is -0.151. The van der Waals surface area contributed by atoms with Gasteiger partial charge in [-0.05, 0) is 19.8 Å². The largest absolute Gasteiger partial charge is 0.466 e. The number of rotatable bonds is 4. The zero-order chi connectivity index (χ0) is 13.7. The molecule has 0 bridgehead atoms. The Morgan fingerprint density at radius 1 is 1.58 bits per heavy atom. The first kappa shape index (κ1) is 13.6. The molecule has 1 saturated heterocycles. The molecular formula is C13H19N3O3. The maximum atomic E-state index is 12.1. The first-order valence-corrected chi connectivity index (χ1v) is 6.62. The fourth-order valence-corrected chi connectivity index (χ4v) is 2.31. The van der Waals surface area contributed by atoms with Crippen LogP contribution in [0.3, 0.4) is 0 Å². The molecule has 1 unspecified atom stereocenters. The molecule has 1 atom stereocenters. The SMILES string of the molecule is CCOC(=O)C1CCCN(C(=O)Cc2cnc[nH]2)C1. The molecule has 1 amide bonds. The van der Waals surface area contributed by atoms with Crippen molar-refractivity contribution < 1.29 is 14.3 Å². The van der Waals surface area contributed by atoms with Gasteiger partial charge in [-0.3, -0.25) is 9.59 Å². The van der Waals surface area contributed by atoms with E-state index in [1.807, 2.05) is 0 Å². The number of aromatic nitrogens is 2. The number of carbonyl (C=O) groups is 2. The monoisotopic (exact) mass is 265 g/mol. The maximum Gasteiger partial charge on any atom is 0.310 e. The standard InChI is InChI=1S/C13H19N3O3/c1-2-19-13(18)10-4-3-5-16(8-10)12(17)6-11-7-14-9-15-11/h7,9-10H,2-6,8H2,1H3,(H,14,15). The van der Waals surface area contributed by atoms with Crippen molar-refractivity contribution in [3.63, 3.8) is 0 Å². The number of piperidine rings is 1. The summed E-state index contributed by atoms with van der Waals surface area (Å²) in [4.78, 5) is 32.4. The molecule has 104 valence electrons. The summed E-state index contributed by atoms with van der Waals surface area (Å²) >= 11 is 0. The zero-order valence-corrected chi connectivity index (χ0v) is 11.1. The van der Waals surface area contributed by atoms with Crippen LogP contribution in [0.25, 0.3) is 0 Å². The summed E-state index contributed by atoms with van der Waals surface area (Å²) in [6.07, 6.45) is 5.14. The fraction of sp³-hybridized carbons (Fsp3) is 0.615. The Hall–Kier alpha value is -1.85. The Morgan fingerprint density at radius 2 is 2.42 bits per heavy atom.